The Balaban J connectivity index is 2.41. The smallest absolute Gasteiger partial charge is 0.308 e. The molecule has 1 N–H and O–H groups in total. The van der Waals surface area contributed by atoms with Crippen molar-refractivity contribution in [1.82, 2.24) is 5.32 Å². The minimum Gasteiger partial charge on any atom is -0.308 e. The highest BCUT2D eigenvalue weighted by atomic mass is 79.9. The molecule has 0 heterocycles. The Morgan fingerprint density at radius 2 is 2.00 bits per heavy atom. The first-order chi connectivity index (χ1) is 7.40. The normalized spacial score (nSPS) is 11.8. The van der Waals surface area contributed by atoms with Gasteiger partial charge in [0.1, 0.15) is 0 Å². The molecule has 1 aromatic carbocycles. The predicted molar refractivity (Wildman–Crippen MR) is 61.5 cm³/mol. The summed E-state index contributed by atoms with van der Waals surface area (Å²) in [6.07, 6.45) is -3.53. The summed E-state index contributed by atoms with van der Waals surface area (Å²) in [7, 11) is 0. The van der Waals surface area contributed by atoms with Crippen molar-refractivity contribution in [2.75, 3.05) is 13.1 Å². The Bertz CT molecular complexity index is 350. The zero-order valence-corrected chi connectivity index (χ0v) is 10.5. The van der Waals surface area contributed by atoms with Crippen LogP contribution in [0.5, 0.6) is 0 Å². The molecular weight excluding hydrogens is 283 g/mol. The Morgan fingerprint density at radius 3 is 2.62 bits per heavy atom. The van der Waals surface area contributed by atoms with Gasteiger partial charge in [0, 0.05) is 4.47 Å². The van der Waals surface area contributed by atoms with E-state index in [1.165, 1.54) is 0 Å². The van der Waals surface area contributed by atoms with Crippen LogP contribution in [0.25, 0.3) is 0 Å². The SMILES string of the molecule is Cc1c(Br)cccc1CCNCC(F)(F)F. The topological polar surface area (TPSA) is 12.0 Å². The summed E-state index contributed by atoms with van der Waals surface area (Å²) in [5.41, 5.74) is 2.14. The van der Waals surface area contributed by atoms with Gasteiger partial charge < -0.3 is 5.32 Å². The molecule has 0 aliphatic rings. The summed E-state index contributed by atoms with van der Waals surface area (Å²) < 4.78 is 36.6. The molecule has 1 rings (SSSR count). The summed E-state index contributed by atoms with van der Waals surface area (Å²) in [5.74, 6) is 0. The van der Waals surface area contributed by atoms with E-state index in [0.717, 1.165) is 15.6 Å². The minimum absolute atomic E-state index is 0.330. The fourth-order valence-electron chi connectivity index (χ4n) is 1.38. The van der Waals surface area contributed by atoms with E-state index in [1.54, 1.807) is 0 Å². The molecule has 90 valence electrons. The monoisotopic (exact) mass is 295 g/mol. The lowest BCUT2D eigenvalue weighted by Crippen LogP contribution is -2.30. The molecule has 1 nitrogen and oxygen atoms in total. The first-order valence-electron chi connectivity index (χ1n) is 4.91. The summed E-state index contributed by atoms with van der Waals surface area (Å²) in [5, 5.41) is 2.38. The van der Waals surface area contributed by atoms with E-state index in [-0.39, 0.29) is 0 Å². The summed E-state index contributed by atoms with van der Waals surface area (Å²) in [6, 6.07) is 5.73. The first kappa shape index (κ1) is 13.5. The van der Waals surface area contributed by atoms with Crippen molar-refractivity contribution in [3.63, 3.8) is 0 Å². The Hall–Kier alpha value is -0.550. The third-order valence-electron chi connectivity index (χ3n) is 2.28. The zero-order valence-electron chi connectivity index (χ0n) is 8.87. The molecule has 0 aliphatic heterocycles. The molecule has 0 bridgehead atoms. The highest BCUT2D eigenvalue weighted by Gasteiger charge is 2.25. The van der Waals surface area contributed by atoms with Crippen LogP contribution in [0.15, 0.2) is 22.7 Å². The first-order valence-corrected chi connectivity index (χ1v) is 5.71. The van der Waals surface area contributed by atoms with Crippen molar-refractivity contribution in [3.05, 3.63) is 33.8 Å². The van der Waals surface area contributed by atoms with Crippen LogP contribution in [0.3, 0.4) is 0 Å². The van der Waals surface area contributed by atoms with Crippen molar-refractivity contribution in [1.29, 1.82) is 0 Å². The van der Waals surface area contributed by atoms with Crippen LogP contribution >= 0.6 is 15.9 Å². The van der Waals surface area contributed by atoms with E-state index < -0.39 is 12.7 Å². The van der Waals surface area contributed by atoms with Crippen molar-refractivity contribution < 1.29 is 13.2 Å². The van der Waals surface area contributed by atoms with Gasteiger partial charge in [-0.25, -0.2) is 0 Å². The average molecular weight is 296 g/mol. The molecule has 0 saturated heterocycles. The lowest BCUT2D eigenvalue weighted by atomic mass is 10.1. The number of hydrogen-bond donors (Lipinski definition) is 1. The Labute approximate surface area is 101 Å². The van der Waals surface area contributed by atoms with Gasteiger partial charge in [0.15, 0.2) is 0 Å². The molecule has 0 atom stereocenters. The molecule has 0 unspecified atom stereocenters. The maximum Gasteiger partial charge on any atom is 0.401 e. The molecule has 0 amide bonds. The fraction of sp³-hybridized carbons (Fsp3) is 0.455. The molecule has 16 heavy (non-hydrogen) atoms. The van der Waals surface area contributed by atoms with E-state index in [0.29, 0.717) is 13.0 Å². The molecule has 0 radical (unpaired) electrons. The molecule has 0 saturated carbocycles. The second kappa shape index (κ2) is 5.68. The number of rotatable bonds is 4. The lowest BCUT2D eigenvalue weighted by Gasteiger charge is -2.10. The van der Waals surface area contributed by atoms with E-state index in [4.69, 9.17) is 0 Å². The van der Waals surface area contributed by atoms with Crippen LogP contribution in [-0.4, -0.2) is 19.3 Å². The average Bonchev–Trinajstić information content (AvgIpc) is 2.17. The molecular formula is C11H13BrF3N. The van der Waals surface area contributed by atoms with Gasteiger partial charge in [0.25, 0.3) is 0 Å². The molecule has 0 aromatic heterocycles. The minimum atomic E-state index is -4.13. The number of alkyl halides is 3. The molecule has 0 aliphatic carbocycles. The van der Waals surface area contributed by atoms with Crippen LogP contribution in [-0.2, 0) is 6.42 Å². The van der Waals surface area contributed by atoms with Crippen LogP contribution in [0, 0.1) is 6.92 Å². The lowest BCUT2D eigenvalue weighted by molar-refractivity contribution is -0.124. The summed E-state index contributed by atoms with van der Waals surface area (Å²) in [4.78, 5) is 0. The number of nitrogens with one attached hydrogen (secondary N) is 1. The van der Waals surface area contributed by atoms with Gasteiger partial charge in [-0.05, 0) is 37.1 Å². The number of halogens is 4. The highest BCUT2D eigenvalue weighted by Crippen LogP contribution is 2.19. The van der Waals surface area contributed by atoms with Crippen LogP contribution < -0.4 is 5.32 Å². The van der Waals surface area contributed by atoms with Crippen LogP contribution in [0.2, 0.25) is 0 Å². The van der Waals surface area contributed by atoms with Crippen molar-refractivity contribution in [2.45, 2.75) is 19.5 Å². The Morgan fingerprint density at radius 1 is 1.31 bits per heavy atom. The second-order valence-electron chi connectivity index (χ2n) is 3.57. The molecule has 1 aromatic rings. The third-order valence-corrected chi connectivity index (χ3v) is 3.14. The van der Waals surface area contributed by atoms with Crippen molar-refractivity contribution in [3.8, 4) is 0 Å². The van der Waals surface area contributed by atoms with E-state index >= 15 is 0 Å². The number of hydrogen-bond acceptors (Lipinski definition) is 1. The number of benzene rings is 1. The maximum atomic E-state index is 11.9. The van der Waals surface area contributed by atoms with Crippen molar-refractivity contribution in [2.24, 2.45) is 0 Å². The fourth-order valence-corrected chi connectivity index (χ4v) is 1.78. The maximum absolute atomic E-state index is 11.9. The highest BCUT2D eigenvalue weighted by molar-refractivity contribution is 9.10. The van der Waals surface area contributed by atoms with E-state index in [9.17, 15) is 13.2 Å². The van der Waals surface area contributed by atoms with Crippen LogP contribution in [0.1, 0.15) is 11.1 Å². The Kier molecular flexibility index (Phi) is 4.80. The quantitative estimate of drug-likeness (QED) is 0.839. The predicted octanol–water partition coefficient (Wildman–Crippen LogP) is 3.45. The van der Waals surface area contributed by atoms with Gasteiger partial charge in [-0.15, -0.1) is 0 Å². The van der Waals surface area contributed by atoms with Gasteiger partial charge in [-0.3, -0.25) is 0 Å². The second-order valence-corrected chi connectivity index (χ2v) is 4.42. The van der Waals surface area contributed by atoms with Gasteiger partial charge in [-0.2, -0.15) is 13.2 Å². The van der Waals surface area contributed by atoms with Gasteiger partial charge in [-0.1, -0.05) is 28.1 Å². The van der Waals surface area contributed by atoms with E-state index in [1.807, 2.05) is 25.1 Å². The van der Waals surface area contributed by atoms with Gasteiger partial charge in [0.05, 0.1) is 6.54 Å². The summed E-state index contributed by atoms with van der Waals surface area (Å²) >= 11 is 3.39. The molecule has 5 heteroatoms. The van der Waals surface area contributed by atoms with Gasteiger partial charge in [0.2, 0.25) is 0 Å². The standard InChI is InChI=1S/C11H13BrF3N/c1-8-9(3-2-4-10(8)12)5-6-16-7-11(13,14)15/h2-4,16H,5-7H2,1H3. The third kappa shape index (κ3) is 4.53. The summed E-state index contributed by atoms with van der Waals surface area (Å²) in [6.45, 7) is 1.35. The van der Waals surface area contributed by atoms with Gasteiger partial charge >= 0.3 is 6.18 Å². The van der Waals surface area contributed by atoms with Crippen molar-refractivity contribution >= 4 is 15.9 Å². The molecule has 0 fully saturated rings. The largest absolute Gasteiger partial charge is 0.401 e. The van der Waals surface area contributed by atoms with Crippen LogP contribution in [0.4, 0.5) is 13.2 Å². The molecule has 0 spiro atoms. The zero-order chi connectivity index (χ0) is 12.2. The van der Waals surface area contributed by atoms with E-state index in [2.05, 4.69) is 21.2 Å².